The second-order valence-corrected chi connectivity index (χ2v) is 5.64. The highest BCUT2D eigenvalue weighted by atomic mass is 31.2. The first-order chi connectivity index (χ1) is 8.66. The average Bonchev–Trinajstić information content (AvgIpc) is 2.11. The molecule has 0 aliphatic rings. The first-order valence-corrected chi connectivity index (χ1v) is 8.30. The van der Waals surface area contributed by atoms with E-state index in [9.17, 15) is 0 Å². The molecular weight excluding hydrogens is 310 g/mol. The van der Waals surface area contributed by atoms with Crippen molar-refractivity contribution >= 4 is 15.6 Å². The predicted molar refractivity (Wildman–Crippen MR) is 63.3 cm³/mol. The summed E-state index contributed by atoms with van der Waals surface area (Å²) in [5, 5.41) is 0. The minimum absolute atomic E-state index is 1.19. The molecule has 0 aromatic heterocycles. The van der Waals surface area contributed by atoms with E-state index >= 15 is 0 Å². The summed E-state index contributed by atoms with van der Waals surface area (Å²) in [4.78, 5) is 51.3. The highest BCUT2D eigenvalue weighted by Crippen LogP contribution is 2.05. The number of hydrogen-bond acceptors (Lipinski definition) is 8. The van der Waals surface area contributed by atoms with Crippen LogP contribution in [-0.2, 0) is 9.13 Å². The van der Waals surface area contributed by atoms with Gasteiger partial charge in [-0.25, -0.2) is 0 Å². The van der Waals surface area contributed by atoms with E-state index in [1.807, 2.05) is 0 Å². The Balaban J connectivity index is -0.000000244. The van der Waals surface area contributed by atoms with E-state index in [0.717, 1.165) is 0 Å². The molecule has 122 valence electrons. The third kappa shape index (κ3) is 83.3. The van der Waals surface area contributed by atoms with Gasteiger partial charge in [-0.15, -0.1) is 0 Å². The lowest BCUT2D eigenvalue weighted by Crippen LogP contribution is -2.24. The molecule has 0 saturated carbocycles. The predicted octanol–water partition coefficient (Wildman–Crippen LogP) is -1.95. The molecule has 0 aromatic carbocycles. The van der Waals surface area contributed by atoms with Crippen molar-refractivity contribution in [2.45, 2.75) is 40.5 Å². The van der Waals surface area contributed by atoms with E-state index in [4.69, 9.17) is 38.5 Å². The summed E-state index contributed by atoms with van der Waals surface area (Å²) in [6.07, 6.45) is 6.87. The lowest BCUT2D eigenvalue weighted by molar-refractivity contribution is -0.434. The van der Waals surface area contributed by atoms with Crippen LogP contribution in [0.1, 0.15) is 40.5 Å². The fourth-order valence-electron chi connectivity index (χ4n) is 0.733. The van der Waals surface area contributed by atoms with E-state index in [1.165, 1.54) is 24.0 Å². The topological polar surface area (TPSA) is 172 Å². The standard InChI is InChI=1S/C10H18.2H3O4P/c1-5-10(4)8-6-7-9(2)3;2*1-5(2,3)4/h5,7H,6,8H2,1-4H3;2*(H3,1,2,3,4)/p-6. The Morgan fingerprint density at radius 2 is 1.20 bits per heavy atom. The minimum Gasteiger partial charge on any atom is -0.822 e. The van der Waals surface area contributed by atoms with Gasteiger partial charge in [-0.1, -0.05) is 23.3 Å². The van der Waals surface area contributed by atoms with Gasteiger partial charge in [0, 0.05) is 0 Å². The smallest absolute Gasteiger partial charge is 0.0288 e. The molecule has 0 unspecified atom stereocenters. The van der Waals surface area contributed by atoms with Crippen molar-refractivity contribution in [2.24, 2.45) is 0 Å². The zero-order valence-corrected chi connectivity index (χ0v) is 13.5. The number of rotatable bonds is 3. The average molecular weight is 328 g/mol. The molecule has 0 amide bonds. The summed E-state index contributed by atoms with van der Waals surface area (Å²) in [5.41, 5.74) is 2.90. The quantitative estimate of drug-likeness (QED) is 0.424. The van der Waals surface area contributed by atoms with Gasteiger partial charge in [-0.3, -0.25) is 0 Å². The van der Waals surface area contributed by atoms with Gasteiger partial charge in [0.1, 0.15) is 0 Å². The van der Waals surface area contributed by atoms with Crippen LogP contribution in [0.5, 0.6) is 0 Å². The number of phosphoric acid groups is 2. The summed E-state index contributed by atoms with van der Waals surface area (Å²) in [6, 6.07) is 0. The van der Waals surface area contributed by atoms with Crippen LogP contribution in [0.15, 0.2) is 23.3 Å². The maximum absolute atomic E-state index is 8.55. The molecule has 20 heavy (non-hydrogen) atoms. The Kier molecular flexibility index (Phi) is 15.4. The van der Waals surface area contributed by atoms with Crippen molar-refractivity contribution < 1.29 is 38.5 Å². The van der Waals surface area contributed by atoms with Crippen LogP contribution in [0, 0.1) is 0 Å². The minimum atomic E-state index is -5.39. The normalized spacial score (nSPS) is 11.6. The van der Waals surface area contributed by atoms with Crippen LogP contribution >= 0.6 is 15.6 Å². The molecule has 10 heteroatoms. The summed E-state index contributed by atoms with van der Waals surface area (Å²) >= 11 is 0. The molecule has 0 bridgehead atoms. The molecule has 0 aliphatic carbocycles. The van der Waals surface area contributed by atoms with E-state index in [2.05, 4.69) is 39.8 Å². The lowest BCUT2D eigenvalue weighted by Gasteiger charge is -2.36. The fraction of sp³-hybridized carbons (Fsp3) is 0.600. The SMILES string of the molecule is CC=C(C)CCC=C(C)C.O=P([O-])([O-])[O-].O=P([O-])([O-])[O-]. The van der Waals surface area contributed by atoms with Crippen molar-refractivity contribution in [1.29, 1.82) is 0 Å². The monoisotopic (exact) mass is 328 g/mol. The van der Waals surface area contributed by atoms with Crippen molar-refractivity contribution in [2.75, 3.05) is 0 Å². The van der Waals surface area contributed by atoms with E-state index in [-0.39, 0.29) is 0 Å². The van der Waals surface area contributed by atoms with Crippen molar-refractivity contribution in [3.8, 4) is 0 Å². The van der Waals surface area contributed by atoms with Crippen LogP contribution < -0.4 is 29.4 Å². The van der Waals surface area contributed by atoms with Gasteiger partial charge in [0.15, 0.2) is 0 Å². The summed E-state index contributed by atoms with van der Waals surface area (Å²) in [5.74, 6) is 0. The first-order valence-electron chi connectivity index (χ1n) is 5.38. The second kappa shape index (κ2) is 12.4. The Hall–Kier alpha value is -0.300. The molecule has 0 fully saturated rings. The molecule has 0 aliphatic heterocycles. The summed E-state index contributed by atoms with van der Waals surface area (Å²) in [7, 11) is -10.8. The molecule has 0 spiro atoms. The first kappa shape index (κ1) is 24.7. The molecule has 8 nitrogen and oxygen atoms in total. The Morgan fingerprint density at radius 3 is 1.40 bits per heavy atom. The van der Waals surface area contributed by atoms with Crippen LogP contribution in [0.25, 0.3) is 0 Å². The Bertz CT molecular complexity index is 350. The zero-order valence-electron chi connectivity index (χ0n) is 11.7. The third-order valence-corrected chi connectivity index (χ3v) is 1.58. The van der Waals surface area contributed by atoms with Crippen LogP contribution in [0.2, 0.25) is 0 Å². The van der Waals surface area contributed by atoms with E-state index in [0.29, 0.717) is 0 Å². The zero-order chi connectivity index (χ0) is 17.0. The van der Waals surface area contributed by atoms with Gasteiger partial charge in [0.25, 0.3) is 0 Å². The van der Waals surface area contributed by atoms with E-state index < -0.39 is 15.6 Å². The summed E-state index contributed by atoms with van der Waals surface area (Å²) in [6.45, 7) is 8.56. The maximum atomic E-state index is 8.55. The Labute approximate surface area is 119 Å². The molecule has 0 aromatic rings. The van der Waals surface area contributed by atoms with Crippen LogP contribution in [0.3, 0.4) is 0 Å². The van der Waals surface area contributed by atoms with Crippen LogP contribution in [0.4, 0.5) is 0 Å². The molecule has 0 atom stereocenters. The highest BCUT2D eigenvalue weighted by molar-refractivity contribution is 7.40. The van der Waals surface area contributed by atoms with Crippen molar-refractivity contribution in [3.63, 3.8) is 0 Å². The largest absolute Gasteiger partial charge is 0.822 e. The van der Waals surface area contributed by atoms with Gasteiger partial charge in [0.2, 0.25) is 0 Å². The van der Waals surface area contributed by atoms with Gasteiger partial charge < -0.3 is 38.5 Å². The van der Waals surface area contributed by atoms with Crippen molar-refractivity contribution in [1.82, 2.24) is 0 Å². The van der Waals surface area contributed by atoms with Crippen LogP contribution in [-0.4, -0.2) is 0 Å². The third-order valence-electron chi connectivity index (χ3n) is 1.58. The lowest BCUT2D eigenvalue weighted by atomic mass is 10.1. The molecule has 0 N–H and O–H groups in total. The number of allylic oxidation sites excluding steroid dienone is 4. The van der Waals surface area contributed by atoms with E-state index in [1.54, 1.807) is 0 Å². The highest BCUT2D eigenvalue weighted by Gasteiger charge is 1.84. The van der Waals surface area contributed by atoms with Gasteiger partial charge in [0.05, 0.1) is 0 Å². The van der Waals surface area contributed by atoms with Crippen molar-refractivity contribution in [3.05, 3.63) is 23.3 Å². The molecule has 0 radical (unpaired) electrons. The molecular formula is C10H18O8P2-6. The summed E-state index contributed by atoms with van der Waals surface area (Å²) < 4.78 is 17.1. The van der Waals surface area contributed by atoms with Gasteiger partial charge in [-0.05, 0) is 40.5 Å². The number of hydrogen-bond donors (Lipinski definition) is 0. The second-order valence-electron chi connectivity index (χ2n) is 3.85. The molecule has 0 rings (SSSR count). The molecule has 0 heterocycles. The maximum Gasteiger partial charge on any atom is -0.0288 e. The fourth-order valence-corrected chi connectivity index (χ4v) is 0.733. The van der Waals surface area contributed by atoms with Gasteiger partial charge in [-0.2, -0.15) is 15.6 Å². The van der Waals surface area contributed by atoms with Gasteiger partial charge >= 0.3 is 0 Å². The molecule has 0 saturated heterocycles. The Morgan fingerprint density at radius 1 is 0.900 bits per heavy atom.